The predicted molar refractivity (Wildman–Crippen MR) is 100 cm³/mol. The highest BCUT2D eigenvalue weighted by Crippen LogP contribution is 2.10. The first kappa shape index (κ1) is 19.3. The Morgan fingerprint density at radius 2 is 1.87 bits per heavy atom. The molecule has 2 N–H and O–H groups in total. The maximum absolute atomic E-state index is 4.55. The molecule has 0 fully saturated rings. The summed E-state index contributed by atoms with van der Waals surface area (Å²) >= 11 is 0. The predicted octanol–water partition coefficient (Wildman–Crippen LogP) is 3.17. The fourth-order valence-electron chi connectivity index (χ4n) is 2.42. The zero-order chi connectivity index (χ0) is 16.9. The van der Waals surface area contributed by atoms with Gasteiger partial charge in [-0.2, -0.15) is 0 Å². The van der Waals surface area contributed by atoms with Crippen molar-refractivity contribution >= 4 is 11.8 Å². The number of pyridine rings is 1. The molecule has 0 spiro atoms. The minimum Gasteiger partial charge on any atom is -0.357 e. The van der Waals surface area contributed by atoms with Gasteiger partial charge in [-0.05, 0) is 31.9 Å². The van der Waals surface area contributed by atoms with Crippen LogP contribution in [0.15, 0.2) is 23.3 Å². The van der Waals surface area contributed by atoms with E-state index in [4.69, 9.17) is 0 Å². The van der Waals surface area contributed by atoms with Crippen LogP contribution in [0.5, 0.6) is 0 Å². The Balaban J connectivity index is 2.37. The van der Waals surface area contributed by atoms with Gasteiger partial charge >= 0.3 is 0 Å². The van der Waals surface area contributed by atoms with E-state index in [1.54, 1.807) is 0 Å². The molecule has 0 amide bonds. The Morgan fingerprint density at radius 3 is 2.43 bits per heavy atom. The first-order chi connectivity index (χ1) is 11.2. The van der Waals surface area contributed by atoms with Gasteiger partial charge in [-0.3, -0.25) is 4.99 Å². The molecule has 0 atom stereocenters. The largest absolute Gasteiger partial charge is 0.357 e. The molecule has 1 aromatic heterocycles. The molecule has 0 saturated heterocycles. The third kappa shape index (κ3) is 7.35. The molecule has 1 rings (SSSR count). The fourth-order valence-corrected chi connectivity index (χ4v) is 2.42. The Morgan fingerprint density at radius 1 is 1.09 bits per heavy atom. The van der Waals surface area contributed by atoms with Crippen LogP contribution in [-0.4, -0.2) is 37.6 Å². The Labute approximate surface area is 141 Å². The van der Waals surface area contributed by atoms with Gasteiger partial charge in [0.25, 0.3) is 0 Å². The number of unbranched alkanes of at least 4 members (excludes halogenated alkanes) is 3. The highest BCUT2D eigenvalue weighted by atomic mass is 15.2. The number of guanidine groups is 1. The average molecular weight is 319 g/mol. The Bertz CT molecular complexity index is 437. The van der Waals surface area contributed by atoms with Crippen molar-refractivity contribution in [2.24, 2.45) is 4.99 Å². The highest BCUT2D eigenvalue weighted by Gasteiger charge is 2.03. The molecule has 0 aliphatic heterocycles. The van der Waals surface area contributed by atoms with Crippen molar-refractivity contribution in [3.63, 3.8) is 0 Å². The number of hydrogen-bond donors (Lipinski definition) is 2. The maximum Gasteiger partial charge on any atom is 0.191 e. The molecule has 1 aromatic rings. The summed E-state index contributed by atoms with van der Waals surface area (Å²) < 4.78 is 0. The van der Waals surface area contributed by atoms with Crippen molar-refractivity contribution in [3.05, 3.63) is 23.9 Å². The standard InChI is InChI=1S/C18H33N5/c1-5-8-9-10-13-20-18(19-4)22-15-16-11-12-17(21-14-16)23(6-2)7-3/h11-12,14H,5-10,13,15H2,1-4H3,(H2,19,20,22). The van der Waals surface area contributed by atoms with E-state index in [1.165, 1.54) is 25.7 Å². The summed E-state index contributed by atoms with van der Waals surface area (Å²) in [6.07, 6.45) is 6.98. The first-order valence-corrected chi connectivity index (χ1v) is 8.89. The molecular weight excluding hydrogens is 286 g/mol. The van der Waals surface area contributed by atoms with Crippen molar-refractivity contribution in [1.82, 2.24) is 15.6 Å². The molecule has 0 bridgehead atoms. The van der Waals surface area contributed by atoms with Crippen LogP contribution in [0, 0.1) is 0 Å². The van der Waals surface area contributed by atoms with Crippen molar-refractivity contribution in [3.8, 4) is 0 Å². The molecule has 0 aliphatic carbocycles. The molecular formula is C18H33N5. The van der Waals surface area contributed by atoms with Crippen LogP contribution >= 0.6 is 0 Å². The topological polar surface area (TPSA) is 52.6 Å². The van der Waals surface area contributed by atoms with Crippen LogP contribution in [0.2, 0.25) is 0 Å². The van der Waals surface area contributed by atoms with E-state index < -0.39 is 0 Å². The van der Waals surface area contributed by atoms with E-state index in [0.29, 0.717) is 0 Å². The number of aromatic nitrogens is 1. The van der Waals surface area contributed by atoms with Crippen molar-refractivity contribution in [2.45, 2.75) is 53.0 Å². The van der Waals surface area contributed by atoms with Gasteiger partial charge in [0, 0.05) is 39.4 Å². The van der Waals surface area contributed by atoms with Crippen LogP contribution in [0.4, 0.5) is 5.82 Å². The number of hydrogen-bond acceptors (Lipinski definition) is 3. The Hall–Kier alpha value is -1.78. The number of nitrogens with one attached hydrogen (secondary N) is 2. The van der Waals surface area contributed by atoms with Crippen molar-refractivity contribution in [1.29, 1.82) is 0 Å². The van der Waals surface area contributed by atoms with Gasteiger partial charge in [0.15, 0.2) is 5.96 Å². The third-order valence-electron chi connectivity index (χ3n) is 3.90. The molecule has 0 unspecified atom stereocenters. The van der Waals surface area contributed by atoms with Gasteiger partial charge in [0.2, 0.25) is 0 Å². The summed E-state index contributed by atoms with van der Waals surface area (Å²) in [7, 11) is 1.81. The van der Waals surface area contributed by atoms with Crippen LogP contribution in [-0.2, 0) is 6.54 Å². The molecule has 1 heterocycles. The van der Waals surface area contributed by atoms with Crippen LogP contribution < -0.4 is 15.5 Å². The molecule has 130 valence electrons. The van der Waals surface area contributed by atoms with E-state index >= 15 is 0 Å². The Kier molecular flexibility index (Phi) is 9.84. The maximum atomic E-state index is 4.55. The average Bonchev–Trinajstić information content (AvgIpc) is 2.59. The van der Waals surface area contributed by atoms with E-state index in [9.17, 15) is 0 Å². The molecule has 0 radical (unpaired) electrons. The summed E-state index contributed by atoms with van der Waals surface area (Å²) in [6.45, 7) is 10.2. The second-order valence-electron chi connectivity index (χ2n) is 5.61. The number of nitrogens with zero attached hydrogens (tertiary/aromatic N) is 3. The lowest BCUT2D eigenvalue weighted by Crippen LogP contribution is -2.37. The zero-order valence-corrected chi connectivity index (χ0v) is 15.2. The summed E-state index contributed by atoms with van der Waals surface area (Å²) in [4.78, 5) is 11.0. The molecule has 5 heteroatoms. The number of aliphatic imine (C=N–C) groups is 1. The highest BCUT2D eigenvalue weighted by molar-refractivity contribution is 5.79. The van der Waals surface area contributed by atoms with E-state index in [-0.39, 0.29) is 0 Å². The zero-order valence-electron chi connectivity index (χ0n) is 15.2. The lowest BCUT2D eigenvalue weighted by atomic mass is 10.2. The van der Waals surface area contributed by atoms with Gasteiger partial charge in [-0.15, -0.1) is 0 Å². The van der Waals surface area contributed by atoms with Crippen LogP contribution in [0.3, 0.4) is 0 Å². The van der Waals surface area contributed by atoms with E-state index in [0.717, 1.165) is 43.5 Å². The van der Waals surface area contributed by atoms with Crippen molar-refractivity contribution in [2.75, 3.05) is 31.6 Å². The summed E-state index contributed by atoms with van der Waals surface area (Å²) in [5, 5.41) is 6.70. The number of rotatable bonds is 10. The summed E-state index contributed by atoms with van der Waals surface area (Å²) in [5.74, 6) is 1.89. The molecule has 5 nitrogen and oxygen atoms in total. The fraction of sp³-hybridized carbons (Fsp3) is 0.667. The van der Waals surface area contributed by atoms with Gasteiger partial charge < -0.3 is 15.5 Å². The van der Waals surface area contributed by atoms with Gasteiger partial charge in [0.1, 0.15) is 5.82 Å². The lowest BCUT2D eigenvalue weighted by Gasteiger charge is -2.19. The minimum atomic E-state index is 0.736. The molecule has 0 saturated carbocycles. The summed E-state index contributed by atoms with van der Waals surface area (Å²) in [6, 6.07) is 4.22. The molecule has 0 aromatic carbocycles. The monoisotopic (exact) mass is 319 g/mol. The minimum absolute atomic E-state index is 0.736. The smallest absolute Gasteiger partial charge is 0.191 e. The second kappa shape index (κ2) is 11.7. The number of anilines is 1. The van der Waals surface area contributed by atoms with Gasteiger partial charge in [-0.25, -0.2) is 4.98 Å². The third-order valence-corrected chi connectivity index (χ3v) is 3.90. The summed E-state index contributed by atoms with van der Waals surface area (Å²) in [5.41, 5.74) is 1.16. The molecule has 23 heavy (non-hydrogen) atoms. The van der Waals surface area contributed by atoms with Crippen molar-refractivity contribution < 1.29 is 0 Å². The van der Waals surface area contributed by atoms with E-state index in [1.807, 2.05) is 13.2 Å². The SMILES string of the molecule is CCCCCCNC(=NC)NCc1ccc(N(CC)CC)nc1. The van der Waals surface area contributed by atoms with Gasteiger partial charge in [-0.1, -0.05) is 32.3 Å². The normalized spacial score (nSPS) is 11.4. The van der Waals surface area contributed by atoms with Crippen LogP contribution in [0.25, 0.3) is 0 Å². The van der Waals surface area contributed by atoms with Crippen LogP contribution in [0.1, 0.15) is 52.0 Å². The first-order valence-electron chi connectivity index (χ1n) is 8.89. The van der Waals surface area contributed by atoms with E-state index in [2.05, 4.69) is 58.4 Å². The quantitative estimate of drug-likeness (QED) is 0.395. The second-order valence-corrected chi connectivity index (χ2v) is 5.61. The molecule has 0 aliphatic rings. The van der Waals surface area contributed by atoms with Gasteiger partial charge in [0.05, 0.1) is 0 Å². The lowest BCUT2D eigenvalue weighted by molar-refractivity contribution is 0.647.